The van der Waals surface area contributed by atoms with Gasteiger partial charge >= 0.3 is 0 Å². The van der Waals surface area contributed by atoms with Crippen molar-refractivity contribution in [3.05, 3.63) is 42.9 Å². The highest BCUT2D eigenvalue weighted by molar-refractivity contribution is 5.11. The number of aromatic nitrogens is 2. The fourth-order valence-electron chi connectivity index (χ4n) is 0.846. The topological polar surface area (TPSA) is 48.2 Å². The van der Waals surface area contributed by atoms with E-state index in [0.717, 1.165) is 0 Å². The van der Waals surface area contributed by atoms with Crippen LogP contribution < -0.4 is 4.74 Å². The van der Waals surface area contributed by atoms with Crippen molar-refractivity contribution in [1.29, 1.82) is 0 Å². The zero-order valence-corrected chi connectivity index (χ0v) is 6.80. The van der Waals surface area contributed by atoms with Crippen molar-refractivity contribution in [3.8, 4) is 5.75 Å². The molecule has 0 fully saturated rings. The zero-order chi connectivity index (χ0) is 8.93. The van der Waals surface area contributed by atoms with Gasteiger partial charge in [-0.05, 0) is 6.07 Å². The van der Waals surface area contributed by atoms with Crippen LogP contribution in [0.3, 0.4) is 0 Å². The van der Waals surface area contributed by atoms with Gasteiger partial charge < -0.3 is 9.15 Å². The summed E-state index contributed by atoms with van der Waals surface area (Å²) in [6.45, 7) is 0.330. The molecule has 1 radical (unpaired) electrons. The SMILES string of the molecule is [c]1occc1OCc1ncccn1. The molecule has 4 nitrogen and oxygen atoms in total. The standard InChI is InChI=1S/C9H7N2O2/c1-3-10-9(11-4-1)7-13-8-2-5-12-6-8/h1-5H,7H2. The van der Waals surface area contributed by atoms with E-state index in [1.807, 2.05) is 0 Å². The van der Waals surface area contributed by atoms with E-state index in [0.29, 0.717) is 18.2 Å². The van der Waals surface area contributed by atoms with Gasteiger partial charge in [-0.15, -0.1) is 0 Å². The summed E-state index contributed by atoms with van der Waals surface area (Å²) in [6.07, 6.45) is 7.40. The summed E-state index contributed by atoms with van der Waals surface area (Å²) in [4.78, 5) is 8.00. The maximum atomic E-state index is 5.26. The lowest BCUT2D eigenvalue weighted by Crippen LogP contribution is -1.99. The molecule has 0 unspecified atom stereocenters. The van der Waals surface area contributed by atoms with Gasteiger partial charge in [0.15, 0.2) is 11.6 Å². The molecule has 0 spiro atoms. The molecule has 2 heterocycles. The lowest BCUT2D eigenvalue weighted by molar-refractivity contribution is 0.291. The second-order valence-electron chi connectivity index (χ2n) is 2.34. The molecule has 0 saturated heterocycles. The predicted molar refractivity (Wildman–Crippen MR) is 43.9 cm³/mol. The van der Waals surface area contributed by atoms with Crippen LogP contribution >= 0.6 is 0 Å². The van der Waals surface area contributed by atoms with E-state index in [9.17, 15) is 0 Å². The summed E-state index contributed by atoms with van der Waals surface area (Å²) < 4.78 is 9.97. The maximum absolute atomic E-state index is 5.26. The number of hydrogen-bond donors (Lipinski definition) is 0. The Hall–Kier alpha value is -1.84. The molecule has 0 aliphatic rings. The van der Waals surface area contributed by atoms with E-state index in [2.05, 4.69) is 16.2 Å². The minimum absolute atomic E-state index is 0.330. The normalized spacial score (nSPS) is 9.85. The molecule has 0 aliphatic carbocycles. The molecule has 0 saturated carbocycles. The Morgan fingerprint density at radius 3 is 2.92 bits per heavy atom. The van der Waals surface area contributed by atoms with Gasteiger partial charge in [0.2, 0.25) is 6.26 Å². The second kappa shape index (κ2) is 3.71. The van der Waals surface area contributed by atoms with Gasteiger partial charge in [0.05, 0.1) is 6.26 Å². The highest BCUT2D eigenvalue weighted by Gasteiger charge is 1.98. The fraction of sp³-hybridized carbons (Fsp3) is 0.111. The van der Waals surface area contributed by atoms with Crippen LogP contribution in [0.25, 0.3) is 0 Å². The Balaban J connectivity index is 1.94. The molecule has 2 aromatic rings. The van der Waals surface area contributed by atoms with Crippen LogP contribution in [0.1, 0.15) is 5.82 Å². The van der Waals surface area contributed by atoms with Crippen LogP contribution in [-0.2, 0) is 6.61 Å². The summed E-state index contributed by atoms with van der Waals surface area (Å²) >= 11 is 0. The highest BCUT2D eigenvalue weighted by atomic mass is 16.5. The summed E-state index contributed by atoms with van der Waals surface area (Å²) in [5.74, 6) is 1.20. The lowest BCUT2D eigenvalue weighted by Gasteiger charge is -1.99. The predicted octanol–water partition coefficient (Wildman–Crippen LogP) is 1.45. The average molecular weight is 175 g/mol. The number of hydrogen-bond acceptors (Lipinski definition) is 4. The van der Waals surface area contributed by atoms with Gasteiger partial charge in [-0.1, -0.05) is 0 Å². The van der Waals surface area contributed by atoms with E-state index >= 15 is 0 Å². The van der Waals surface area contributed by atoms with Crippen molar-refractivity contribution in [1.82, 2.24) is 9.97 Å². The highest BCUT2D eigenvalue weighted by Crippen LogP contribution is 2.09. The Labute approximate surface area is 75.2 Å². The van der Waals surface area contributed by atoms with Crippen molar-refractivity contribution >= 4 is 0 Å². The Kier molecular flexibility index (Phi) is 2.22. The van der Waals surface area contributed by atoms with Gasteiger partial charge in [-0.3, -0.25) is 0 Å². The molecule has 65 valence electrons. The number of nitrogens with zero attached hydrogens (tertiary/aromatic N) is 2. The lowest BCUT2D eigenvalue weighted by atomic mass is 10.5. The van der Waals surface area contributed by atoms with Crippen molar-refractivity contribution in [2.45, 2.75) is 6.61 Å². The van der Waals surface area contributed by atoms with Crippen LogP contribution in [0, 0.1) is 6.26 Å². The summed E-state index contributed by atoms with van der Waals surface area (Å²) in [6, 6.07) is 3.44. The van der Waals surface area contributed by atoms with Crippen molar-refractivity contribution in [2.24, 2.45) is 0 Å². The van der Waals surface area contributed by atoms with Crippen LogP contribution in [0.4, 0.5) is 0 Å². The third-order valence-electron chi connectivity index (χ3n) is 1.42. The third kappa shape index (κ3) is 2.05. The van der Waals surface area contributed by atoms with Gasteiger partial charge in [0, 0.05) is 18.5 Å². The second-order valence-corrected chi connectivity index (χ2v) is 2.34. The molecule has 4 heteroatoms. The van der Waals surface area contributed by atoms with Crippen LogP contribution in [0.15, 0.2) is 35.2 Å². The van der Waals surface area contributed by atoms with E-state index in [1.54, 1.807) is 24.5 Å². The monoisotopic (exact) mass is 175 g/mol. The van der Waals surface area contributed by atoms with Gasteiger partial charge in [-0.2, -0.15) is 0 Å². The molecular weight excluding hydrogens is 168 g/mol. The van der Waals surface area contributed by atoms with Crippen LogP contribution in [0.5, 0.6) is 5.75 Å². The van der Waals surface area contributed by atoms with E-state index in [-0.39, 0.29) is 0 Å². The fourth-order valence-corrected chi connectivity index (χ4v) is 0.846. The molecule has 0 atom stereocenters. The maximum Gasteiger partial charge on any atom is 0.214 e. The first kappa shape index (κ1) is 7.79. The molecule has 0 aliphatic heterocycles. The zero-order valence-electron chi connectivity index (χ0n) is 6.80. The summed E-state index contributed by atoms with van der Waals surface area (Å²) in [5, 5.41) is 0. The molecule has 0 bridgehead atoms. The van der Waals surface area contributed by atoms with E-state index < -0.39 is 0 Å². The minimum atomic E-state index is 0.330. The van der Waals surface area contributed by atoms with Crippen molar-refractivity contribution in [2.75, 3.05) is 0 Å². The van der Waals surface area contributed by atoms with E-state index in [4.69, 9.17) is 9.15 Å². The smallest absolute Gasteiger partial charge is 0.214 e. The van der Waals surface area contributed by atoms with E-state index in [1.165, 1.54) is 6.26 Å². The van der Waals surface area contributed by atoms with Crippen molar-refractivity contribution in [3.63, 3.8) is 0 Å². The summed E-state index contributed by atoms with van der Waals surface area (Å²) in [5.41, 5.74) is 0. The number of furan rings is 1. The van der Waals surface area contributed by atoms with Gasteiger partial charge in [-0.25, -0.2) is 9.97 Å². The molecular formula is C9H7N2O2. The summed E-state index contributed by atoms with van der Waals surface area (Å²) in [7, 11) is 0. The van der Waals surface area contributed by atoms with Crippen LogP contribution in [0.2, 0.25) is 0 Å². The largest absolute Gasteiger partial charge is 0.481 e. The van der Waals surface area contributed by atoms with Gasteiger partial charge in [0.1, 0.15) is 6.61 Å². The first-order valence-electron chi connectivity index (χ1n) is 3.79. The van der Waals surface area contributed by atoms with Crippen LogP contribution in [-0.4, -0.2) is 9.97 Å². The first-order chi connectivity index (χ1) is 6.45. The first-order valence-corrected chi connectivity index (χ1v) is 3.79. The molecule has 2 rings (SSSR count). The number of rotatable bonds is 3. The molecule has 2 aromatic heterocycles. The average Bonchev–Trinajstić information content (AvgIpc) is 2.69. The molecule has 0 aromatic carbocycles. The third-order valence-corrected chi connectivity index (χ3v) is 1.42. The number of ether oxygens (including phenoxy) is 1. The molecule has 13 heavy (non-hydrogen) atoms. The Morgan fingerprint density at radius 2 is 2.23 bits per heavy atom. The molecule has 0 N–H and O–H groups in total. The quantitative estimate of drug-likeness (QED) is 0.708. The van der Waals surface area contributed by atoms with Gasteiger partial charge in [0.25, 0.3) is 0 Å². The minimum Gasteiger partial charge on any atom is -0.481 e. The Bertz CT molecular complexity index is 345. The Morgan fingerprint density at radius 1 is 1.38 bits per heavy atom. The molecule has 0 amide bonds. The van der Waals surface area contributed by atoms with Crippen molar-refractivity contribution < 1.29 is 9.15 Å².